The van der Waals surface area contributed by atoms with Gasteiger partial charge in [0.2, 0.25) is 5.91 Å². The van der Waals surface area contributed by atoms with E-state index in [2.05, 4.69) is 5.32 Å². The summed E-state index contributed by atoms with van der Waals surface area (Å²) in [5, 5.41) is 13.8. The number of β-lactam (4-membered cyclic amide) rings is 1. The Balaban J connectivity index is 1.45. The van der Waals surface area contributed by atoms with Crippen LogP contribution < -0.4 is 5.32 Å². The third-order valence-electron chi connectivity index (χ3n) is 6.01. The Morgan fingerprint density at radius 2 is 1.82 bits per heavy atom. The molecule has 0 aromatic heterocycles. The summed E-state index contributed by atoms with van der Waals surface area (Å²) < 4.78 is 11.2. The Kier molecular flexibility index (Phi) is 9.16. The molecule has 2 aliphatic rings. The molecule has 2 aliphatic heterocycles. The predicted molar refractivity (Wildman–Crippen MR) is 146 cm³/mol. The number of hydrogen-bond acceptors (Lipinski definition) is 8. The quantitative estimate of drug-likeness (QED) is 0.187. The lowest BCUT2D eigenvalue weighted by Crippen LogP contribution is -2.70. The molecule has 2 atom stereocenters. The minimum absolute atomic E-state index is 0.00547. The summed E-state index contributed by atoms with van der Waals surface area (Å²) in [4.78, 5) is 50.8. The molecule has 10 nitrogen and oxygen atoms in total. The average Bonchev–Trinajstić information content (AvgIpc) is 2.90. The van der Waals surface area contributed by atoms with Crippen LogP contribution in [0.3, 0.4) is 0 Å². The zero-order valence-corrected chi connectivity index (χ0v) is 23.3. The van der Waals surface area contributed by atoms with Crippen LogP contribution in [0.25, 0.3) is 0 Å². The van der Waals surface area contributed by atoms with Gasteiger partial charge in [-0.3, -0.25) is 24.6 Å². The Labute approximate surface area is 238 Å². The molecule has 206 valence electrons. The number of thioether (sulfide) groups is 1. The first kappa shape index (κ1) is 28.9. The molecule has 2 aromatic carbocycles. The molecule has 1 saturated heterocycles. The third-order valence-corrected chi connectivity index (χ3v) is 8.09. The Hall–Kier alpha value is -3.12. The molecule has 0 saturated carbocycles. The van der Waals surface area contributed by atoms with Crippen molar-refractivity contribution < 1.29 is 28.8 Å². The molecule has 4 rings (SSSR count). The number of esters is 1. The molecule has 0 radical (unpaired) electrons. The minimum atomic E-state index is -0.810. The number of fused-ring (bicyclic) bond motifs is 1. The van der Waals surface area contributed by atoms with Crippen LogP contribution in [0.1, 0.15) is 25.0 Å². The molecule has 2 aromatic rings. The number of rotatable bonds is 10. The Morgan fingerprint density at radius 3 is 2.46 bits per heavy atom. The monoisotopic (exact) mass is 593 g/mol. The molecule has 39 heavy (non-hydrogen) atoms. The number of ether oxygens (including phenoxy) is 2. The maximum Gasteiger partial charge on any atom is 0.355 e. The number of amides is 2. The minimum Gasteiger partial charge on any atom is -0.456 e. The highest BCUT2D eigenvalue weighted by Crippen LogP contribution is 2.41. The van der Waals surface area contributed by atoms with Gasteiger partial charge >= 0.3 is 5.97 Å². The van der Waals surface area contributed by atoms with Gasteiger partial charge in [-0.05, 0) is 54.8 Å². The molecule has 1 fully saturated rings. The van der Waals surface area contributed by atoms with Crippen molar-refractivity contribution in [2.45, 2.75) is 44.4 Å². The maximum absolute atomic E-state index is 13.2. The number of benzene rings is 2. The highest BCUT2D eigenvalue weighted by Gasteiger charge is 2.54. The first-order valence-corrected chi connectivity index (χ1v) is 13.8. The van der Waals surface area contributed by atoms with Crippen LogP contribution in [0.5, 0.6) is 0 Å². The number of carbonyl (C=O) groups is 3. The third kappa shape index (κ3) is 6.73. The zero-order valence-electron chi connectivity index (χ0n) is 21.0. The van der Waals surface area contributed by atoms with Crippen molar-refractivity contribution in [2.75, 3.05) is 12.4 Å². The van der Waals surface area contributed by atoms with Gasteiger partial charge in [-0.1, -0.05) is 29.3 Å². The van der Waals surface area contributed by atoms with E-state index >= 15 is 0 Å². The number of nitrogens with one attached hydrogen (secondary N) is 1. The van der Waals surface area contributed by atoms with Crippen LogP contribution in [0.4, 0.5) is 5.69 Å². The van der Waals surface area contributed by atoms with E-state index in [0.717, 1.165) is 0 Å². The Morgan fingerprint density at radius 1 is 1.13 bits per heavy atom. The summed E-state index contributed by atoms with van der Waals surface area (Å²) in [6, 6.07) is 9.70. The van der Waals surface area contributed by atoms with Gasteiger partial charge in [-0.2, -0.15) is 0 Å². The van der Waals surface area contributed by atoms with Gasteiger partial charge in [0.25, 0.3) is 11.6 Å². The van der Waals surface area contributed by atoms with E-state index in [0.29, 0.717) is 32.5 Å². The number of nitrogens with zero attached hydrogens (tertiary/aromatic N) is 2. The van der Waals surface area contributed by atoms with E-state index in [1.165, 1.54) is 40.9 Å². The number of halogens is 2. The standard InChI is InChI=1S/C26H25Cl2N3O7S/c1-14(2)37-12-17-13-39-25-22(29-21(32)10-16-5-8-19(27)20(28)9-16)24(33)30(25)23(17)26(34)38-11-15-3-6-18(7-4-15)31(35)36/h3-9,14,22,25H,10-13H2,1-2H3,(H,29,32)/t22?,25-/m0/s1. The zero-order chi connectivity index (χ0) is 28.3. The van der Waals surface area contributed by atoms with Crippen molar-refractivity contribution in [1.82, 2.24) is 10.2 Å². The second kappa shape index (κ2) is 12.4. The maximum atomic E-state index is 13.2. The van der Waals surface area contributed by atoms with Gasteiger partial charge in [0.1, 0.15) is 23.7 Å². The van der Waals surface area contributed by atoms with E-state index in [9.17, 15) is 24.5 Å². The van der Waals surface area contributed by atoms with E-state index in [1.54, 1.807) is 18.2 Å². The first-order chi connectivity index (χ1) is 18.5. The average molecular weight is 594 g/mol. The molecule has 1 unspecified atom stereocenters. The molecular formula is C26H25Cl2N3O7S. The lowest BCUT2D eigenvalue weighted by molar-refractivity contribution is -0.384. The fraction of sp³-hybridized carbons (Fsp3) is 0.346. The lowest BCUT2D eigenvalue weighted by atomic mass is 10.0. The van der Waals surface area contributed by atoms with Crippen molar-refractivity contribution in [3.8, 4) is 0 Å². The lowest BCUT2D eigenvalue weighted by Gasteiger charge is -2.49. The highest BCUT2D eigenvalue weighted by atomic mass is 35.5. The normalized spacial score (nSPS) is 18.5. The molecule has 0 spiro atoms. The van der Waals surface area contributed by atoms with Crippen molar-refractivity contribution in [2.24, 2.45) is 0 Å². The second-order valence-corrected chi connectivity index (χ2v) is 11.1. The first-order valence-electron chi connectivity index (χ1n) is 12.0. The van der Waals surface area contributed by atoms with Gasteiger partial charge in [-0.25, -0.2) is 4.79 Å². The molecule has 2 heterocycles. The summed E-state index contributed by atoms with van der Waals surface area (Å²) in [7, 11) is 0. The summed E-state index contributed by atoms with van der Waals surface area (Å²) >= 11 is 13.4. The summed E-state index contributed by atoms with van der Waals surface area (Å²) in [5.41, 5.74) is 1.82. The number of non-ortho nitro benzene ring substituents is 1. The van der Waals surface area contributed by atoms with Crippen molar-refractivity contribution in [1.29, 1.82) is 0 Å². The number of hydrogen-bond donors (Lipinski definition) is 1. The van der Waals surface area contributed by atoms with E-state index in [4.69, 9.17) is 32.7 Å². The molecule has 13 heteroatoms. The number of nitro groups is 1. The van der Waals surface area contributed by atoms with Crippen molar-refractivity contribution in [3.63, 3.8) is 0 Å². The second-order valence-electron chi connectivity index (χ2n) is 9.19. The van der Waals surface area contributed by atoms with Gasteiger partial charge in [-0.15, -0.1) is 11.8 Å². The molecule has 1 N–H and O–H groups in total. The van der Waals surface area contributed by atoms with Crippen molar-refractivity contribution in [3.05, 3.63) is 85.0 Å². The molecule has 0 bridgehead atoms. The van der Waals surface area contributed by atoms with Crippen LogP contribution in [0.2, 0.25) is 10.0 Å². The fourth-order valence-electron chi connectivity index (χ4n) is 4.04. The highest BCUT2D eigenvalue weighted by molar-refractivity contribution is 8.00. The smallest absolute Gasteiger partial charge is 0.355 e. The van der Waals surface area contributed by atoms with Gasteiger partial charge in [0.05, 0.1) is 34.1 Å². The summed E-state index contributed by atoms with van der Waals surface area (Å²) in [5.74, 6) is -1.11. The van der Waals surface area contributed by atoms with Gasteiger partial charge < -0.3 is 14.8 Å². The van der Waals surface area contributed by atoms with Gasteiger partial charge in [0.15, 0.2) is 0 Å². The van der Waals surface area contributed by atoms with Crippen LogP contribution in [-0.2, 0) is 36.9 Å². The Bertz CT molecular complexity index is 1330. The van der Waals surface area contributed by atoms with Crippen LogP contribution >= 0.6 is 35.0 Å². The van der Waals surface area contributed by atoms with Crippen LogP contribution in [0, 0.1) is 10.1 Å². The van der Waals surface area contributed by atoms with Crippen LogP contribution in [-0.4, -0.2) is 57.5 Å². The van der Waals surface area contributed by atoms with Crippen LogP contribution in [0.15, 0.2) is 53.7 Å². The van der Waals surface area contributed by atoms with Crippen molar-refractivity contribution >= 4 is 58.4 Å². The molecule has 2 amide bonds. The number of nitro benzene ring substituents is 1. The fourth-order valence-corrected chi connectivity index (χ4v) is 5.69. The van der Waals surface area contributed by atoms with E-state index < -0.39 is 28.2 Å². The largest absolute Gasteiger partial charge is 0.456 e. The van der Waals surface area contributed by atoms with E-state index in [1.807, 2.05) is 13.8 Å². The topological polar surface area (TPSA) is 128 Å². The SMILES string of the molecule is CC(C)OCC1=C(C(=O)OCc2ccc([N+](=O)[O-])cc2)N2C(=O)C(NC(=O)Cc3ccc(Cl)c(Cl)c3)[C@@H]2SC1. The number of carbonyl (C=O) groups excluding carboxylic acids is 3. The molecule has 0 aliphatic carbocycles. The summed E-state index contributed by atoms with van der Waals surface area (Å²) in [6.07, 6.45) is -0.0935. The molecular weight excluding hydrogens is 569 g/mol. The van der Waals surface area contributed by atoms with E-state index in [-0.39, 0.29) is 43.0 Å². The predicted octanol–water partition coefficient (Wildman–Crippen LogP) is 4.27. The summed E-state index contributed by atoms with van der Waals surface area (Å²) in [6.45, 7) is 3.72. The van der Waals surface area contributed by atoms with Gasteiger partial charge in [0, 0.05) is 17.9 Å².